The monoisotopic (exact) mass is 427 g/mol. The van der Waals surface area contributed by atoms with E-state index in [0.717, 1.165) is 48.9 Å². The standard InChI is InChI=1S/C23H26ClN3O3/c1-13-4-3-5-17(14(13)2)26-18-11-25-27(20(28)19(18)24)23-9-15-6-16(10-23)8-22(7-15,12-23)21(29)30/h3-5,11,15-16,26H,6-10,12H2,1-2H3,(H,29,30). The SMILES string of the molecule is Cc1cccc(Nc2cnn(C34CC5CC(CC(C(=O)O)(C5)C3)C4)c(=O)c2Cl)c1C. The molecule has 4 bridgehead atoms. The van der Waals surface area contributed by atoms with E-state index in [1.165, 1.54) is 4.68 Å². The van der Waals surface area contributed by atoms with Gasteiger partial charge in [0.1, 0.15) is 5.02 Å². The van der Waals surface area contributed by atoms with Gasteiger partial charge in [-0.1, -0.05) is 23.7 Å². The van der Waals surface area contributed by atoms with Crippen LogP contribution in [0.3, 0.4) is 0 Å². The van der Waals surface area contributed by atoms with E-state index in [1.54, 1.807) is 6.20 Å². The van der Waals surface area contributed by atoms with E-state index in [-0.39, 0.29) is 10.6 Å². The number of anilines is 2. The predicted molar refractivity (Wildman–Crippen MR) is 115 cm³/mol. The maximum Gasteiger partial charge on any atom is 0.309 e. The number of hydrogen-bond donors (Lipinski definition) is 2. The van der Waals surface area contributed by atoms with Gasteiger partial charge >= 0.3 is 5.97 Å². The second kappa shape index (κ2) is 6.58. The molecule has 0 aliphatic heterocycles. The highest BCUT2D eigenvalue weighted by molar-refractivity contribution is 6.33. The first kappa shape index (κ1) is 19.6. The van der Waals surface area contributed by atoms with Crippen LogP contribution in [0, 0.1) is 31.1 Å². The average Bonchev–Trinajstić information content (AvgIpc) is 2.67. The molecule has 2 atom stereocenters. The molecule has 1 heterocycles. The van der Waals surface area contributed by atoms with Gasteiger partial charge in [0.05, 0.1) is 22.8 Å². The van der Waals surface area contributed by atoms with Gasteiger partial charge in [0.15, 0.2) is 0 Å². The minimum absolute atomic E-state index is 0.103. The zero-order valence-electron chi connectivity index (χ0n) is 17.2. The molecule has 0 amide bonds. The first-order chi connectivity index (χ1) is 14.2. The molecule has 0 spiro atoms. The van der Waals surface area contributed by atoms with Crippen LogP contribution in [0.2, 0.25) is 5.02 Å². The lowest BCUT2D eigenvalue weighted by Gasteiger charge is -2.60. The normalized spacial score (nSPS) is 31.7. The summed E-state index contributed by atoms with van der Waals surface area (Å²) in [6.07, 6.45) is 6.19. The Morgan fingerprint density at radius 2 is 1.90 bits per heavy atom. The minimum atomic E-state index is -0.729. The fraction of sp³-hybridized carbons (Fsp3) is 0.522. The van der Waals surface area contributed by atoms with Gasteiger partial charge in [0.2, 0.25) is 0 Å². The fourth-order valence-electron chi connectivity index (χ4n) is 6.60. The number of rotatable bonds is 4. The van der Waals surface area contributed by atoms with E-state index in [4.69, 9.17) is 11.6 Å². The van der Waals surface area contributed by atoms with Crippen LogP contribution >= 0.6 is 11.6 Å². The number of carboxylic acid groups (broad SMARTS) is 1. The van der Waals surface area contributed by atoms with Crippen LogP contribution < -0.4 is 10.9 Å². The highest BCUT2D eigenvalue weighted by atomic mass is 35.5. The van der Waals surface area contributed by atoms with Gasteiger partial charge < -0.3 is 10.4 Å². The molecule has 0 radical (unpaired) electrons. The third-order valence-electron chi connectivity index (χ3n) is 7.73. The molecule has 2 N–H and O–H groups in total. The van der Waals surface area contributed by atoms with Gasteiger partial charge in [-0.2, -0.15) is 5.10 Å². The number of carbonyl (C=O) groups is 1. The largest absolute Gasteiger partial charge is 0.481 e. The third-order valence-corrected chi connectivity index (χ3v) is 8.09. The van der Waals surface area contributed by atoms with Crippen LogP contribution in [-0.4, -0.2) is 20.9 Å². The Balaban J connectivity index is 1.54. The summed E-state index contributed by atoms with van der Waals surface area (Å²) >= 11 is 6.53. The molecule has 2 aromatic rings. The van der Waals surface area contributed by atoms with Crippen molar-refractivity contribution in [2.24, 2.45) is 17.3 Å². The van der Waals surface area contributed by atoms with Gasteiger partial charge in [0.25, 0.3) is 5.56 Å². The zero-order valence-corrected chi connectivity index (χ0v) is 18.0. The predicted octanol–water partition coefficient (Wildman–Crippen LogP) is 4.64. The van der Waals surface area contributed by atoms with E-state index in [2.05, 4.69) is 10.4 Å². The number of nitrogens with one attached hydrogen (secondary N) is 1. The Morgan fingerprint density at radius 3 is 2.57 bits per heavy atom. The first-order valence-corrected chi connectivity index (χ1v) is 11.0. The number of aromatic nitrogens is 2. The molecule has 4 aliphatic carbocycles. The zero-order chi connectivity index (χ0) is 21.3. The van der Waals surface area contributed by atoms with Crippen molar-refractivity contribution in [1.29, 1.82) is 0 Å². The highest BCUT2D eigenvalue weighted by Crippen LogP contribution is 2.63. The topological polar surface area (TPSA) is 84.2 Å². The van der Waals surface area contributed by atoms with E-state index in [9.17, 15) is 14.7 Å². The Kier molecular flexibility index (Phi) is 4.30. The van der Waals surface area contributed by atoms with Crippen molar-refractivity contribution in [1.82, 2.24) is 9.78 Å². The summed E-state index contributed by atoms with van der Waals surface area (Å²) in [5.41, 5.74) is 1.98. The highest BCUT2D eigenvalue weighted by Gasteiger charge is 2.62. The van der Waals surface area contributed by atoms with Gasteiger partial charge in [-0.3, -0.25) is 9.59 Å². The molecule has 4 aliphatic rings. The first-order valence-electron chi connectivity index (χ1n) is 10.6. The second-order valence-corrected chi connectivity index (χ2v) is 10.1. The summed E-state index contributed by atoms with van der Waals surface area (Å²) < 4.78 is 1.51. The Labute approximate surface area is 180 Å². The molecule has 1 aromatic heterocycles. The molecule has 0 saturated heterocycles. The lowest BCUT2D eigenvalue weighted by Crippen LogP contribution is -2.61. The maximum absolute atomic E-state index is 13.3. The van der Waals surface area contributed by atoms with Crippen molar-refractivity contribution in [2.75, 3.05) is 5.32 Å². The molecule has 7 heteroatoms. The Morgan fingerprint density at radius 1 is 1.20 bits per heavy atom. The summed E-state index contributed by atoms with van der Waals surface area (Å²) in [6, 6.07) is 5.93. The Bertz CT molecular complexity index is 1100. The number of hydrogen-bond acceptors (Lipinski definition) is 4. The summed E-state index contributed by atoms with van der Waals surface area (Å²) in [5, 5.41) is 17.9. The summed E-state index contributed by atoms with van der Waals surface area (Å²) in [7, 11) is 0. The van der Waals surface area contributed by atoms with Gasteiger partial charge in [-0.25, -0.2) is 4.68 Å². The molecule has 4 saturated carbocycles. The van der Waals surface area contributed by atoms with Crippen molar-refractivity contribution >= 4 is 28.9 Å². The average molecular weight is 428 g/mol. The number of halogens is 1. The molecule has 6 rings (SSSR count). The van der Waals surface area contributed by atoms with Gasteiger partial charge in [-0.05, 0) is 81.4 Å². The van der Waals surface area contributed by atoms with Gasteiger partial charge in [0, 0.05) is 5.69 Å². The van der Waals surface area contributed by atoms with Crippen LogP contribution in [0.25, 0.3) is 0 Å². The third kappa shape index (κ3) is 2.80. The number of carboxylic acids is 1. The minimum Gasteiger partial charge on any atom is -0.481 e. The van der Waals surface area contributed by atoms with Crippen LogP contribution in [0.4, 0.5) is 11.4 Å². The lowest BCUT2D eigenvalue weighted by atomic mass is 9.47. The van der Waals surface area contributed by atoms with E-state index in [0.29, 0.717) is 23.9 Å². The van der Waals surface area contributed by atoms with Crippen molar-refractivity contribution in [3.05, 3.63) is 50.9 Å². The molecule has 158 valence electrons. The lowest BCUT2D eigenvalue weighted by molar-refractivity contribution is -0.173. The maximum atomic E-state index is 13.3. The smallest absolute Gasteiger partial charge is 0.309 e. The molecular weight excluding hydrogens is 402 g/mol. The second-order valence-electron chi connectivity index (χ2n) is 9.73. The van der Waals surface area contributed by atoms with E-state index < -0.39 is 16.9 Å². The molecule has 2 unspecified atom stereocenters. The van der Waals surface area contributed by atoms with Crippen LogP contribution in [0.1, 0.15) is 49.7 Å². The molecule has 4 fully saturated rings. The van der Waals surface area contributed by atoms with Crippen molar-refractivity contribution in [3.63, 3.8) is 0 Å². The summed E-state index contributed by atoms with van der Waals surface area (Å²) in [4.78, 5) is 25.5. The van der Waals surface area contributed by atoms with E-state index in [1.807, 2.05) is 32.0 Å². The number of aliphatic carboxylic acids is 1. The summed E-state index contributed by atoms with van der Waals surface area (Å²) in [5.74, 6) is -0.0570. The quantitative estimate of drug-likeness (QED) is 0.742. The Hall–Kier alpha value is -2.34. The van der Waals surface area contributed by atoms with Crippen LogP contribution in [-0.2, 0) is 10.3 Å². The van der Waals surface area contributed by atoms with Gasteiger partial charge in [-0.15, -0.1) is 0 Å². The van der Waals surface area contributed by atoms with Crippen LogP contribution in [0.15, 0.2) is 29.2 Å². The molecule has 1 aromatic carbocycles. The summed E-state index contributed by atoms with van der Waals surface area (Å²) in [6.45, 7) is 4.05. The molecular formula is C23H26ClN3O3. The molecule has 6 nitrogen and oxygen atoms in total. The number of nitrogens with zero attached hydrogens (tertiary/aromatic N) is 2. The van der Waals surface area contributed by atoms with Crippen molar-refractivity contribution in [2.45, 2.75) is 57.9 Å². The van der Waals surface area contributed by atoms with Crippen molar-refractivity contribution in [3.8, 4) is 0 Å². The van der Waals surface area contributed by atoms with Crippen LogP contribution in [0.5, 0.6) is 0 Å². The fourth-order valence-corrected chi connectivity index (χ4v) is 6.78. The van der Waals surface area contributed by atoms with E-state index >= 15 is 0 Å². The number of aryl methyl sites for hydroxylation is 1. The molecule has 30 heavy (non-hydrogen) atoms. The number of benzene rings is 1. The van der Waals surface area contributed by atoms with Crippen molar-refractivity contribution < 1.29 is 9.90 Å².